The zero-order chi connectivity index (χ0) is 14.6. The highest BCUT2D eigenvalue weighted by Crippen LogP contribution is 2.28. The van der Waals surface area contributed by atoms with Gasteiger partial charge in [0.05, 0.1) is 5.75 Å². The van der Waals surface area contributed by atoms with E-state index in [1.165, 1.54) is 0 Å². The Balaban J connectivity index is 1.92. The van der Waals surface area contributed by atoms with Gasteiger partial charge in [-0.25, -0.2) is 13.1 Å². The van der Waals surface area contributed by atoms with Crippen LogP contribution < -0.4 is 10.5 Å². The van der Waals surface area contributed by atoms with Gasteiger partial charge in [-0.15, -0.1) is 0 Å². The second kappa shape index (κ2) is 6.11. The molecule has 1 fully saturated rings. The molecule has 6 heteroatoms. The fraction of sp³-hybridized carbons (Fsp3) is 0.571. The van der Waals surface area contributed by atoms with Gasteiger partial charge >= 0.3 is 0 Å². The lowest BCUT2D eigenvalue weighted by Crippen LogP contribution is -2.39. The van der Waals surface area contributed by atoms with Gasteiger partial charge in [0.2, 0.25) is 10.0 Å². The molecule has 1 aliphatic heterocycles. The van der Waals surface area contributed by atoms with Crippen molar-refractivity contribution in [2.24, 2.45) is 5.41 Å². The Labute approximate surface area is 120 Å². The van der Waals surface area contributed by atoms with Crippen LogP contribution in [0.1, 0.15) is 25.3 Å². The average Bonchev–Trinajstić information content (AvgIpc) is 2.40. The number of nitrogen functional groups attached to an aromatic ring is 1. The topological polar surface area (TPSA) is 81.4 Å². The first-order valence-electron chi connectivity index (χ1n) is 6.78. The van der Waals surface area contributed by atoms with E-state index in [0.717, 1.165) is 18.4 Å². The summed E-state index contributed by atoms with van der Waals surface area (Å²) in [5, 5.41) is 0. The van der Waals surface area contributed by atoms with E-state index in [-0.39, 0.29) is 11.2 Å². The summed E-state index contributed by atoms with van der Waals surface area (Å²) in [6, 6.07) is 6.91. The quantitative estimate of drug-likeness (QED) is 0.807. The molecule has 1 aromatic rings. The van der Waals surface area contributed by atoms with Gasteiger partial charge in [-0.2, -0.15) is 0 Å². The Morgan fingerprint density at radius 2 is 1.85 bits per heavy atom. The summed E-state index contributed by atoms with van der Waals surface area (Å²) in [5.74, 6) is -0.0140. The van der Waals surface area contributed by atoms with Crippen molar-refractivity contribution in [2.75, 3.05) is 25.5 Å². The summed E-state index contributed by atoms with van der Waals surface area (Å²) in [4.78, 5) is 0. The predicted octanol–water partition coefficient (Wildman–Crippen LogP) is 1.50. The van der Waals surface area contributed by atoms with Crippen molar-refractivity contribution in [2.45, 2.75) is 25.5 Å². The van der Waals surface area contributed by atoms with Crippen LogP contribution >= 0.6 is 0 Å². The van der Waals surface area contributed by atoms with Gasteiger partial charge < -0.3 is 10.5 Å². The van der Waals surface area contributed by atoms with E-state index in [4.69, 9.17) is 10.5 Å². The minimum absolute atomic E-state index is 0.00750. The third-order valence-corrected chi connectivity index (χ3v) is 5.05. The van der Waals surface area contributed by atoms with Crippen molar-refractivity contribution in [3.05, 3.63) is 29.8 Å². The Kier molecular flexibility index (Phi) is 4.67. The fourth-order valence-corrected chi connectivity index (χ4v) is 3.51. The standard InChI is InChI=1S/C14H22N2O3S/c1-14(6-8-19-9-7-14)11-16-20(17,18)10-12-2-4-13(15)5-3-12/h2-5,16H,6-11,15H2,1H3. The summed E-state index contributed by atoms with van der Waals surface area (Å²) in [7, 11) is -3.32. The molecular formula is C14H22N2O3S. The lowest BCUT2D eigenvalue weighted by atomic mass is 9.83. The van der Waals surface area contributed by atoms with Gasteiger partial charge in [0.1, 0.15) is 0 Å². The maximum Gasteiger partial charge on any atom is 0.215 e. The van der Waals surface area contributed by atoms with Crippen molar-refractivity contribution in [1.82, 2.24) is 4.72 Å². The summed E-state index contributed by atoms with van der Waals surface area (Å²) in [6.07, 6.45) is 1.77. The first kappa shape index (κ1) is 15.3. The molecule has 0 unspecified atom stereocenters. The normalized spacial score (nSPS) is 18.9. The molecule has 1 aromatic carbocycles. The lowest BCUT2D eigenvalue weighted by molar-refractivity contribution is 0.0264. The average molecular weight is 298 g/mol. The van der Waals surface area contributed by atoms with Gasteiger partial charge in [0.15, 0.2) is 0 Å². The molecule has 0 atom stereocenters. The molecule has 0 radical (unpaired) electrons. The molecule has 5 nitrogen and oxygen atoms in total. The Morgan fingerprint density at radius 1 is 1.25 bits per heavy atom. The van der Waals surface area contributed by atoms with Crippen LogP contribution in [-0.4, -0.2) is 28.2 Å². The number of sulfonamides is 1. The highest BCUT2D eigenvalue weighted by molar-refractivity contribution is 7.88. The summed E-state index contributed by atoms with van der Waals surface area (Å²) in [6.45, 7) is 3.97. The number of ether oxygens (including phenoxy) is 1. The van der Waals surface area contributed by atoms with Crippen LogP contribution in [0.25, 0.3) is 0 Å². The number of rotatable bonds is 5. The molecule has 0 aliphatic carbocycles. The Morgan fingerprint density at radius 3 is 2.45 bits per heavy atom. The zero-order valence-electron chi connectivity index (χ0n) is 11.8. The molecule has 0 amide bonds. The van der Waals surface area contributed by atoms with Gasteiger partial charge in [0.25, 0.3) is 0 Å². The van der Waals surface area contributed by atoms with Crippen molar-refractivity contribution >= 4 is 15.7 Å². The van der Waals surface area contributed by atoms with E-state index in [2.05, 4.69) is 11.6 Å². The van der Waals surface area contributed by atoms with Crippen LogP contribution in [0, 0.1) is 5.41 Å². The van der Waals surface area contributed by atoms with Crippen LogP contribution in [0.5, 0.6) is 0 Å². The molecule has 1 saturated heterocycles. The van der Waals surface area contributed by atoms with E-state index in [1.54, 1.807) is 24.3 Å². The maximum atomic E-state index is 12.1. The number of nitrogens with one attached hydrogen (secondary N) is 1. The number of anilines is 1. The Hall–Kier alpha value is -1.11. The van der Waals surface area contributed by atoms with Crippen molar-refractivity contribution < 1.29 is 13.2 Å². The molecule has 1 heterocycles. The van der Waals surface area contributed by atoms with E-state index >= 15 is 0 Å². The second-order valence-corrected chi connectivity index (χ2v) is 7.55. The Bertz CT molecular complexity index is 534. The summed E-state index contributed by atoms with van der Waals surface area (Å²) >= 11 is 0. The van der Waals surface area contributed by atoms with Gasteiger partial charge in [0, 0.05) is 25.4 Å². The largest absolute Gasteiger partial charge is 0.399 e. The number of benzene rings is 1. The van der Waals surface area contributed by atoms with Crippen molar-refractivity contribution in [3.63, 3.8) is 0 Å². The SMILES string of the molecule is CC1(CNS(=O)(=O)Cc2ccc(N)cc2)CCOCC1. The molecule has 1 aliphatic rings. The molecule has 20 heavy (non-hydrogen) atoms. The monoisotopic (exact) mass is 298 g/mol. The second-order valence-electron chi connectivity index (χ2n) is 5.74. The summed E-state index contributed by atoms with van der Waals surface area (Å²) < 4.78 is 32.2. The van der Waals surface area contributed by atoms with Crippen LogP contribution in [0.15, 0.2) is 24.3 Å². The molecule has 2 rings (SSSR count). The van der Waals surface area contributed by atoms with E-state index < -0.39 is 10.0 Å². The molecule has 0 bridgehead atoms. The third kappa shape index (κ3) is 4.47. The molecular weight excluding hydrogens is 276 g/mol. The number of nitrogens with two attached hydrogens (primary N) is 1. The number of hydrogen-bond donors (Lipinski definition) is 2. The highest BCUT2D eigenvalue weighted by atomic mass is 32.2. The maximum absolute atomic E-state index is 12.1. The van der Waals surface area contributed by atoms with Gasteiger partial charge in [-0.3, -0.25) is 0 Å². The van der Waals surface area contributed by atoms with Crippen LogP contribution in [0.3, 0.4) is 0 Å². The predicted molar refractivity (Wildman–Crippen MR) is 79.6 cm³/mol. The molecule has 112 valence electrons. The van der Waals surface area contributed by atoms with Crippen molar-refractivity contribution in [1.29, 1.82) is 0 Å². The van der Waals surface area contributed by atoms with Crippen molar-refractivity contribution in [3.8, 4) is 0 Å². The van der Waals surface area contributed by atoms with Crippen LogP contribution in [0.4, 0.5) is 5.69 Å². The number of hydrogen-bond acceptors (Lipinski definition) is 4. The molecule has 0 saturated carbocycles. The highest BCUT2D eigenvalue weighted by Gasteiger charge is 2.28. The first-order valence-corrected chi connectivity index (χ1v) is 8.43. The minimum Gasteiger partial charge on any atom is -0.399 e. The minimum atomic E-state index is -3.32. The smallest absolute Gasteiger partial charge is 0.215 e. The van der Waals surface area contributed by atoms with Gasteiger partial charge in [-0.1, -0.05) is 19.1 Å². The van der Waals surface area contributed by atoms with E-state index in [1.807, 2.05) is 0 Å². The lowest BCUT2D eigenvalue weighted by Gasteiger charge is -2.33. The zero-order valence-corrected chi connectivity index (χ0v) is 12.6. The first-order chi connectivity index (χ1) is 9.39. The van der Waals surface area contributed by atoms with E-state index in [0.29, 0.717) is 25.4 Å². The third-order valence-electron chi connectivity index (χ3n) is 3.76. The van der Waals surface area contributed by atoms with Gasteiger partial charge in [-0.05, 0) is 36.0 Å². The molecule has 0 spiro atoms. The molecule has 3 N–H and O–H groups in total. The fourth-order valence-electron chi connectivity index (χ4n) is 2.21. The molecule has 0 aromatic heterocycles. The van der Waals surface area contributed by atoms with Crippen LogP contribution in [-0.2, 0) is 20.5 Å². The summed E-state index contributed by atoms with van der Waals surface area (Å²) in [5.41, 5.74) is 6.95. The van der Waals surface area contributed by atoms with Crippen LogP contribution in [0.2, 0.25) is 0 Å². The van der Waals surface area contributed by atoms with E-state index in [9.17, 15) is 8.42 Å².